The lowest BCUT2D eigenvalue weighted by molar-refractivity contribution is -0.118. The van der Waals surface area contributed by atoms with E-state index in [1.807, 2.05) is 42.5 Å². The molecular weight excluding hydrogens is 380 g/mol. The highest BCUT2D eigenvalue weighted by atomic mass is 79.9. The van der Waals surface area contributed by atoms with Crippen LogP contribution in [-0.4, -0.2) is 24.9 Å². The maximum atomic E-state index is 12.6. The minimum absolute atomic E-state index is 0.0238. The number of amides is 2. The summed E-state index contributed by atoms with van der Waals surface area (Å²) in [5.41, 5.74) is 1.49. The third-order valence-corrected chi connectivity index (χ3v) is 4.36. The monoisotopic (exact) mass is 402 g/mol. The Balaban J connectivity index is 1.90. The van der Waals surface area contributed by atoms with Crippen molar-refractivity contribution in [1.29, 1.82) is 0 Å². The molecule has 0 saturated heterocycles. The second kappa shape index (κ2) is 9.99. The highest BCUT2D eigenvalue weighted by Crippen LogP contribution is 2.15. The fourth-order valence-electron chi connectivity index (χ4n) is 2.44. The van der Waals surface area contributed by atoms with Crippen LogP contribution in [0.25, 0.3) is 0 Å². The Morgan fingerprint density at radius 2 is 1.72 bits per heavy atom. The summed E-state index contributed by atoms with van der Waals surface area (Å²) in [5, 5.41) is 2.81. The van der Waals surface area contributed by atoms with Crippen molar-refractivity contribution >= 4 is 33.4 Å². The molecule has 0 spiro atoms. The number of benzene rings is 2. The van der Waals surface area contributed by atoms with Gasteiger partial charge in [0.05, 0.1) is 0 Å². The van der Waals surface area contributed by atoms with Gasteiger partial charge in [-0.05, 0) is 42.8 Å². The fraction of sp³-hybridized carbons (Fsp3) is 0.300. The van der Waals surface area contributed by atoms with E-state index in [2.05, 4.69) is 28.2 Å². The highest BCUT2D eigenvalue weighted by molar-refractivity contribution is 9.10. The largest absolute Gasteiger partial charge is 0.352 e. The Kier molecular flexibility index (Phi) is 7.67. The summed E-state index contributed by atoms with van der Waals surface area (Å²) >= 11 is 3.34. The molecule has 2 rings (SSSR count). The lowest BCUT2D eigenvalue weighted by atomic mass is 10.2. The molecule has 0 aliphatic rings. The van der Waals surface area contributed by atoms with E-state index in [0.29, 0.717) is 18.7 Å². The molecule has 1 N–H and O–H groups in total. The third kappa shape index (κ3) is 6.02. The van der Waals surface area contributed by atoms with Crippen molar-refractivity contribution in [3.63, 3.8) is 0 Å². The van der Waals surface area contributed by atoms with Gasteiger partial charge in [0, 0.05) is 35.2 Å². The van der Waals surface area contributed by atoms with Crippen LogP contribution in [0.5, 0.6) is 0 Å². The van der Waals surface area contributed by atoms with Gasteiger partial charge in [-0.3, -0.25) is 9.59 Å². The Morgan fingerprint density at radius 3 is 2.36 bits per heavy atom. The van der Waals surface area contributed by atoms with Crippen molar-refractivity contribution in [2.45, 2.75) is 26.2 Å². The molecule has 0 fully saturated rings. The van der Waals surface area contributed by atoms with E-state index in [9.17, 15) is 9.59 Å². The molecule has 0 aliphatic carbocycles. The SMILES string of the molecule is CCCCN(C(=O)CCNC(=O)c1ccc(Br)cc1)c1ccccc1. The van der Waals surface area contributed by atoms with E-state index < -0.39 is 0 Å². The molecule has 0 heterocycles. The zero-order valence-corrected chi connectivity index (χ0v) is 16.0. The predicted octanol–water partition coefficient (Wildman–Crippen LogP) is 4.40. The first-order chi connectivity index (χ1) is 12.1. The minimum atomic E-state index is -0.167. The van der Waals surface area contributed by atoms with Crippen LogP contribution in [0.15, 0.2) is 59.1 Å². The van der Waals surface area contributed by atoms with E-state index in [-0.39, 0.29) is 18.2 Å². The number of unbranched alkanes of at least 4 members (excludes halogenated alkanes) is 1. The van der Waals surface area contributed by atoms with Crippen molar-refractivity contribution in [3.05, 3.63) is 64.6 Å². The van der Waals surface area contributed by atoms with Crippen LogP contribution in [0.4, 0.5) is 5.69 Å². The van der Waals surface area contributed by atoms with Crippen LogP contribution < -0.4 is 10.2 Å². The normalized spacial score (nSPS) is 10.3. The first kappa shape index (κ1) is 19.2. The lowest BCUT2D eigenvalue weighted by Gasteiger charge is -2.23. The summed E-state index contributed by atoms with van der Waals surface area (Å²) in [6, 6.07) is 16.8. The molecule has 132 valence electrons. The lowest BCUT2D eigenvalue weighted by Crippen LogP contribution is -2.35. The van der Waals surface area contributed by atoms with E-state index in [4.69, 9.17) is 0 Å². The van der Waals surface area contributed by atoms with Crippen molar-refractivity contribution in [1.82, 2.24) is 5.32 Å². The molecule has 0 aliphatic heterocycles. The molecule has 2 aromatic rings. The smallest absolute Gasteiger partial charge is 0.251 e. The molecule has 0 bridgehead atoms. The predicted molar refractivity (Wildman–Crippen MR) is 105 cm³/mol. The standard InChI is InChI=1S/C20H23BrN2O2/c1-2-3-15-23(18-7-5-4-6-8-18)19(24)13-14-22-20(25)16-9-11-17(21)12-10-16/h4-12H,2-3,13-15H2,1H3,(H,22,25). The zero-order chi connectivity index (χ0) is 18.1. The second-order valence-corrected chi connectivity index (χ2v) is 6.66. The number of carbonyl (C=O) groups excluding carboxylic acids is 2. The molecule has 0 aromatic heterocycles. The third-order valence-electron chi connectivity index (χ3n) is 3.84. The number of halogens is 1. The average Bonchev–Trinajstić information content (AvgIpc) is 2.63. The van der Waals surface area contributed by atoms with Gasteiger partial charge >= 0.3 is 0 Å². The van der Waals surface area contributed by atoms with Gasteiger partial charge in [-0.1, -0.05) is 47.5 Å². The number of nitrogens with zero attached hydrogens (tertiary/aromatic N) is 1. The molecule has 4 nitrogen and oxygen atoms in total. The second-order valence-electron chi connectivity index (χ2n) is 5.75. The van der Waals surface area contributed by atoms with Gasteiger partial charge in [0.2, 0.25) is 5.91 Å². The Labute approximate surface area is 157 Å². The molecule has 0 unspecified atom stereocenters. The van der Waals surface area contributed by atoms with Crippen molar-refractivity contribution in [2.75, 3.05) is 18.0 Å². The topological polar surface area (TPSA) is 49.4 Å². The highest BCUT2D eigenvalue weighted by Gasteiger charge is 2.15. The van der Waals surface area contributed by atoms with Gasteiger partial charge in [0.15, 0.2) is 0 Å². The molecular formula is C20H23BrN2O2. The Hall–Kier alpha value is -2.14. The van der Waals surface area contributed by atoms with Gasteiger partial charge in [-0.2, -0.15) is 0 Å². The van der Waals surface area contributed by atoms with E-state index in [1.54, 1.807) is 17.0 Å². The molecule has 5 heteroatoms. The van der Waals surface area contributed by atoms with Crippen molar-refractivity contribution < 1.29 is 9.59 Å². The molecule has 2 aromatic carbocycles. The van der Waals surface area contributed by atoms with Gasteiger partial charge in [0.1, 0.15) is 0 Å². The fourth-order valence-corrected chi connectivity index (χ4v) is 2.71. The number of carbonyl (C=O) groups is 2. The van der Waals surface area contributed by atoms with E-state index in [0.717, 1.165) is 23.0 Å². The summed E-state index contributed by atoms with van der Waals surface area (Å²) in [6.07, 6.45) is 2.25. The van der Waals surface area contributed by atoms with Crippen LogP contribution in [0.1, 0.15) is 36.5 Å². The summed E-state index contributed by atoms with van der Waals surface area (Å²) in [5.74, 6) is -0.143. The minimum Gasteiger partial charge on any atom is -0.352 e. The molecule has 2 amide bonds. The van der Waals surface area contributed by atoms with Gasteiger partial charge in [-0.25, -0.2) is 0 Å². The molecule has 0 saturated carbocycles. The van der Waals surface area contributed by atoms with E-state index in [1.165, 1.54) is 0 Å². The Morgan fingerprint density at radius 1 is 1.04 bits per heavy atom. The summed E-state index contributed by atoms with van der Waals surface area (Å²) in [6.45, 7) is 3.12. The van der Waals surface area contributed by atoms with Gasteiger partial charge in [-0.15, -0.1) is 0 Å². The number of hydrogen-bond acceptors (Lipinski definition) is 2. The zero-order valence-electron chi connectivity index (χ0n) is 14.4. The molecule has 0 radical (unpaired) electrons. The molecule has 0 atom stereocenters. The maximum absolute atomic E-state index is 12.6. The number of rotatable bonds is 8. The first-order valence-corrected chi connectivity index (χ1v) is 9.30. The number of para-hydroxylation sites is 1. The summed E-state index contributed by atoms with van der Waals surface area (Å²) in [4.78, 5) is 26.5. The number of hydrogen-bond donors (Lipinski definition) is 1. The average molecular weight is 403 g/mol. The van der Waals surface area contributed by atoms with Crippen LogP contribution in [0.2, 0.25) is 0 Å². The van der Waals surface area contributed by atoms with Gasteiger partial charge in [0.25, 0.3) is 5.91 Å². The maximum Gasteiger partial charge on any atom is 0.251 e. The summed E-state index contributed by atoms with van der Waals surface area (Å²) < 4.78 is 0.925. The van der Waals surface area contributed by atoms with Gasteiger partial charge < -0.3 is 10.2 Å². The number of anilines is 1. The summed E-state index contributed by atoms with van der Waals surface area (Å²) in [7, 11) is 0. The van der Waals surface area contributed by atoms with Crippen LogP contribution in [0.3, 0.4) is 0 Å². The van der Waals surface area contributed by atoms with Crippen LogP contribution in [-0.2, 0) is 4.79 Å². The van der Waals surface area contributed by atoms with E-state index >= 15 is 0 Å². The van der Waals surface area contributed by atoms with Crippen molar-refractivity contribution in [3.8, 4) is 0 Å². The van der Waals surface area contributed by atoms with Crippen molar-refractivity contribution in [2.24, 2.45) is 0 Å². The van der Waals surface area contributed by atoms with Crippen LogP contribution in [0, 0.1) is 0 Å². The Bertz CT molecular complexity index is 687. The quantitative estimate of drug-likeness (QED) is 0.710. The molecule has 25 heavy (non-hydrogen) atoms. The van der Waals surface area contributed by atoms with Crippen LogP contribution >= 0.6 is 15.9 Å². The first-order valence-electron chi connectivity index (χ1n) is 8.51. The number of nitrogens with one attached hydrogen (secondary N) is 1.